The minimum Gasteiger partial charge on any atom is -0.333 e. The summed E-state index contributed by atoms with van der Waals surface area (Å²) in [4.78, 5) is 14.6. The lowest BCUT2D eigenvalue weighted by atomic mass is 9.89. The van der Waals surface area contributed by atoms with Gasteiger partial charge in [0.25, 0.3) is 0 Å². The average Bonchev–Trinajstić information content (AvgIpc) is 3.49. The number of para-hydroxylation sites is 1. The normalized spacial score (nSPS) is 22.2. The van der Waals surface area contributed by atoms with Crippen LogP contribution in [0.5, 0.6) is 0 Å². The molecule has 5 rings (SSSR count). The molecule has 2 N–H and O–H groups in total. The monoisotopic (exact) mass is 483 g/mol. The Morgan fingerprint density at radius 3 is 2.43 bits per heavy atom. The van der Waals surface area contributed by atoms with Crippen LogP contribution in [0.3, 0.4) is 0 Å². The number of fused-ring (bicyclic) bond motifs is 1. The first-order chi connectivity index (χ1) is 16.8. The fourth-order valence-corrected chi connectivity index (χ4v) is 5.44. The number of hydrogen-bond donors (Lipinski definition) is 2. The van der Waals surface area contributed by atoms with Gasteiger partial charge in [-0.25, -0.2) is 9.48 Å². The smallest absolute Gasteiger partial charge is 0.333 e. The molecule has 0 bridgehead atoms. The minimum atomic E-state index is -4.31. The SMILES string of the molecule is CC1C(c2ccccc2)[C@H](NC(=O)Nc2c3c(nn2-c2ccccc2)CCC3)CN1CC(F)(F)F. The highest BCUT2D eigenvalue weighted by Crippen LogP contribution is 2.36. The average molecular weight is 484 g/mol. The number of hydrogen-bond acceptors (Lipinski definition) is 3. The van der Waals surface area contributed by atoms with Gasteiger partial charge in [-0.05, 0) is 43.9 Å². The van der Waals surface area contributed by atoms with E-state index in [1.807, 2.05) is 60.7 Å². The molecule has 0 spiro atoms. The second-order valence-corrected chi connectivity index (χ2v) is 9.30. The number of anilines is 1. The van der Waals surface area contributed by atoms with Gasteiger partial charge in [-0.1, -0.05) is 48.5 Å². The van der Waals surface area contributed by atoms with Crippen LogP contribution < -0.4 is 10.6 Å². The molecule has 2 amide bonds. The molecule has 1 fully saturated rings. The highest BCUT2D eigenvalue weighted by Gasteiger charge is 2.45. The Morgan fingerprint density at radius 1 is 1.06 bits per heavy atom. The van der Waals surface area contributed by atoms with Crippen molar-refractivity contribution < 1.29 is 18.0 Å². The number of aryl methyl sites for hydroxylation is 1. The lowest BCUT2D eigenvalue weighted by Gasteiger charge is -2.26. The van der Waals surface area contributed by atoms with E-state index in [1.165, 1.54) is 4.90 Å². The number of aromatic nitrogens is 2. The first kappa shape index (κ1) is 23.4. The van der Waals surface area contributed by atoms with Crippen LogP contribution in [-0.2, 0) is 12.8 Å². The summed E-state index contributed by atoms with van der Waals surface area (Å²) in [6, 6.07) is 17.7. The molecule has 0 radical (unpaired) electrons. The van der Waals surface area contributed by atoms with Crippen molar-refractivity contribution in [2.45, 2.75) is 50.4 Å². The first-order valence-corrected chi connectivity index (χ1v) is 11.9. The summed E-state index contributed by atoms with van der Waals surface area (Å²) >= 11 is 0. The Bertz CT molecular complexity index is 1180. The highest BCUT2D eigenvalue weighted by molar-refractivity contribution is 5.90. The minimum absolute atomic E-state index is 0.115. The van der Waals surface area contributed by atoms with Crippen LogP contribution in [0.4, 0.5) is 23.8 Å². The topological polar surface area (TPSA) is 62.2 Å². The molecule has 35 heavy (non-hydrogen) atoms. The van der Waals surface area contributed by atoms with Gasteiger partial charge >= 0.3 is 12.2 Å². The zero-order chi connectivity index (χ0) is 24.6. The van der Waals surface area contributed by atoms with Gasteiger partial charge in [0.2, 0.25) is 0 Å². The van der Waals surface area contributed by atoms with Crippen molar-refractivity contribution in [3.05, 3.63) is 77.5 Å². The molecule has 2 heterocycles. The maximum Gasteiger partial charge on any atom is 0.401 e. The molecule has 0 saturated carbocycles. The van der Waals surface area contributed by atoms with Crippen molar-refractivity contribution in [2.75, 3.05) is 18.4 Å². The molecule has 1 aliphatic carbocycles. The lowest BCUT2D eigenvalue weighted by Crippen LogP contribution is -2.43. The molecule has 2 unspecified atom stereocenters. The van der Waals surface area contributed by atoms with Gasteiger partial charge in [-0.2, -0.15) is 18.3 Å². The Balaban J connectivity index is 1.39. The van der Waals surface area contributed by atoms with E-state index in [-0.39, 0.29) is 18.5 Å². The van der Waals surface area contributed by atoms with Gasteiger partial charge in [0.15, 0.2) is 0 Å². The first-order valence-electron chi connectivity index (χ1n) is 11.9. The Kier molecular flexibility index (Phi) is 6.27. The van der Waals surface area contributed by atoms with E-state index >= 15 is 0 Å². The number of nitrogens with zero attached hydrogens (tertiary/aromatic N) is 3. The van der Waals surface area contributed by atoms with Crippen LogP contribution in [0, 0.1) is 0 Å². The summed E-state index contributed by atoms with van der Waals surface area (Å²) in [6.07, 6.45) is -1.65. The van der Waals surface area contributed by atoms with Gasteiger partial charge in [-0.3, -0.25) is 10.2 Å². The highest BCUT2D eigenvalue weighted by atomic mass is 19.4. The van der Waals surface area contributed by atoms with Crippen LogP contribution in [-0.4, -0.2) is 52.1 Å². The summed E-state index contributed by atoms with van der Waals surface area (Å²) in [6.45, 7) is 0.898. The maximum atomic E-state index is 13.2. The van der Waals surface area contributed by atoms with Crippen molar-refractivity contribution >= 4 is 11.8 Å². The summed E-state index contributed by atoms with van der Waals surface area (Å²) < 4.78 is 41.4. The Labute approximate surface area is 202 Å². The number of urea groups is 1. The molecule has 184 valence electrons. The third kappa shape index (κ3) is 4.91. The molecule has 1 aromatic heterocycles. The van der Waals surface area contributed by atoms with Crippen LogP contribution in [0.1, 0.15) is 36.1 Å². The molecule has 3 atom stereocenters. The number of alkyl halides is 3. The summed E-state index contributed by atoms with van der Waals surface area (Å²) in [5.41, 5.74) is 3.73. The van der Waals surface area contributed by atoms with Crippen molar-refractivity contribution in [3.8, 4) is 5.69 Å². The fourth-order valence-electron chi connectivity index (χ4n) is 5.44. The number of likely N-dealkylation sites (tertiary alicyclic amines) is 1. The summed E-state index contributed by atoms with van der Waals surface area (Å²) in [5.74, 6) is 0.352. The van der Waals surface area contributed by atoms with E-state index in [0.29, 0.717) is 5.82 Å². The van der Waals surface area contributed by atoms with E-state index in [1.54, 1.807) is 11.6 Å². The van der Waals surface area contributed by atoms with Crippen molar-refractivity contribution in [1.29, 1.82) is 0 Å². The lowest BCUT2D eigenvalue weighted by molar-refractivity contribution is -0.147. The van der Waals surface area contributed by atoms with Gasteiger partial charge in [0, 0.05) is 24.1 Å². The second kappa shape index (κ2) is 9.37. The number of benzene rings is 2. The van der Waals surface area contributed by atoms with E-state index in [2.05, 4.69) is 10.6 Å². The van der Waals surface area contributed by atoms with E-state index in [4.69, 9.17) is 5.10 Å². The molecular weight excluding hydrogens is 455 g/mol. The predicted molar refractivity (Wildman–Crippen MR) is 128 cm³/mol. The van der Waals surface area contributed by atoms with E-state index in [9.17, 15) is 18.0 Å². The molecule has 1 saturated heterocycles. The number of carbonyl (C=O) groups is 1. The molecule has 9 heteroatoms. The number of amides is 2. The van der Waals surface area contributed by atoms with Crippen LogP contribution in [0.15, 0.2) is 60.7 Å². The van der Waals surface area contributed by atoms with Crippen LogP contribution in [0.2, 0.25) is 0 Å². The van der Waals surface area contributed by atoms with Gasteiger partial charge in [0.1, 0.15) is 5.82 Å². The number of rotatable bonds is 5. The van der Waals surface area contributed by atoms with Crippen molar-refractivity contribution in [1.82, 2.24) is 20.0 Å². The molecule has 6 nitrogen and oxygen atoms in total. The molecule has 1 aliphatic heterocycles. The Hall–Kier alpha value is -3.33. The zero-order valence-electron chi connectivity index (χ0n) is 19.4. The van der Waals surface area contributed by atoms with Crippen molar-refractivity contribution in [3.63, 3.8) is 0 Å². The molecule has 3 aromatic rings. The van der Waals surface area contributed by atoms with E-state index < -0.39 is 24.8 Å². The van der Waals surface area contributed by atoms with Crippen molar-refractivity contribution in [2.24, 2.45) is 0 Å². The van der Waals surface area contributed by atoms with Crippen LogP contribution in [0.25, 0.3) is 5.69 Å². The number of halogens is 3. The molecule has 2 aromatic carbocycles. The van der Waals surface area contributed by atoms with Crippen LogP contribution >= 0.6 is 0 Å². The molecular formula is C26H28F3N5O. The van der Waals surface area contributed by atoms with Gasteiger partial charge in [0.05, 0.1) is 24.0 Å². The van der Waals surface area contributed by atoms with E-state index in [0.717, 1.165) is 41.8 Å². The second-order valence-electron chi connectivity index (χ2n) is 9.30. The largest absolute Gasteiger partial charge is 0.401 e. The predicted octanol–water partition coefficient (Wildman–Crippen LogP) is 4.90. The van der Waals surface area contributed by atoms with Gasteiger partial charge < -0.3 is 5.32 Å². The summed E-state index contributed by atoms with van der Waals surface area (Å²) in [7, 11) is 0. The molecule has 2 aliphatic rings. The maximum absolute atomic E-state index is 13.2. The number of nitrogens with one attached hydrogen (secondary N) is 2. The summed E-state index contributed by atoms with van der Waals surface area (Å²) in [5, 5.41) is 10.7. The number of carbonyl (C=O) groups excluding carboxylic acids is 1. The third-order valence-corrected chi connectivity index (χ3v) is 6.98. The zero-order valence-corrected chi connectivity index (χ0v) is 19.4. The van der Waals surface area contributed by atoms with Gasteiger partial charge in [-0.15, -0.1) is 0 Å². The fraction of sp³-hybridized carbons (Fsp3) is 0.385. The quantitative estimate of drug-likeness (QED) is 0.543. The third-order valence-electron chi connectivity index (χ3n) is 6.98. The Morgan fingerprint density at radius 2 is 1.74 bits per heavy atom. The standard InChI is InChI=1S/C26H28F3N5O/c1-17-23(18-9-4-2-5-10-18)22(15-33(17)16-26(27,28)29)30-25(35)31-24-20-13-8-14-21(20)32-34(24)19-11-6-3-7-12-19/h2-7,9-12,17,22-23H,8,13-16H2,1H3,(H2,30,31,35)/t17?,22-,23?/m1/s1.